The average Bonchev–Trinajstić information content (AvgIpc) is 3.20. The molecule has 0 aliphatic rings. The molecule has 3 rings (SSSR count). The van der Waals surface area contributed by atoms with Gasteiger partial charge in [0.2, 0.25) is 15.9 Å². The molecule has 0 bridgehead atoms. The van der Waals surface area contributed by atoms with Crippen LogP contribution in [0, 0.1) is 0 Å². The Morgan fingerprint density at radius 2 is 2.19 bits per heavy atom. The number of aromatic nitrogens is 2. The minimum absolute atomic E-state index is 0.00432. The molecule has 2 heterocycles. The van der Waals surface area contributed by atoms with Crippen molar-refractivity contribution in [3.63, 3.8) is 0 Å². The largest absolute Gasteiger partial charge is 0.467 e. The number of sulfonamides is 1. The quantitative estimate of drug-likeness (QED) is 0.615. The Morgan fingerprint density at radius 1 is 1.42 bits per heavy atom. The van der Waals surface area contributed by atoms with Crippen molar-refractivity contribution in [2.45, 2.75) is 23.0 Å². The zero-order valence-corrected chi connectivity index (χ0v) is 15.8. The number of amides is 1. The van der Waals surface area contributed by atoms with E-state index in [2.05, 4.69) is 10.3 Å². The number of nitrogens with one attached hydrogen (secondary N) is 1. The molecule has 138 valence electrons. The van der Waals surface area contributed by atoms with E-state index >= 15 is 0 Å². The van der Waals surface area contributed by atoms with Crippen molar-refractivity contribution in [3.05, 3.63) is 42.4 Å². The number of primary sulfonamides is 1. The molecule has 0 fully saturated rings. The number of thioether (sulfide) groups is 1. The van der Waals surface area contributed by atoms with E-state index in [-0.39, 0.29) is 22.6 Å². The van der Waals surface area contributed by atoms with E-state index in [0.29, 0.717) is 16.4 Å². The average molecular weight is 394 g/mol. The fraction of sp³-hybridized carbons (Fsp3) is 0.250. The minimum Gasteiger partial charge on any atom is -0.467 e. The number of nitrogens with zero attached hydrogens (tertiary/aromatic N) is 2. The van der Waals surface area contributed by atoms with Gasteiger partial charge in [0, 0.05) is 7.05 Å². The molecule has 8 nitrogen and oxygen atoms in total. The number of hydrogen-bond acceptors (Lipinski definition) is 6. The van der Waals surface area contributed by atoms with Gasteiger partial charge >= 0.3 is 0 Å². The molecule has 0 saturated heterocycles. The Bertz CT molecular complexity index is 1040. The highest BCUT2D eigenvalue weighted by Crippen LogP contribution is 2.25. The van der Waals surface area contributed by atoms with E-state index in [1.807, 2.05) is 6.92 Å². The number of carbonyl (C=O) groups is 1. The smallest absolute Gasteiger partial charge is 0.238 e. The number of aryl methyl sites for hydroxylation is 1. The van der Waals surface area contributed by atoms with Gasteiger partial charge < -0.3 is 14.3 Å². The van der Waals surface area contributed by atoms with E-state index in [1.165, 1.54) is 23.9 Å². The third-order valence-electron chi connectivity index (χ3n) is 3.82. The van der Waals surface area contributed by atoms with Gasteiger partial charge in [-0.2, -0.15) is 0 Å². The highest BCUT2D eigenvalue weighted by Gasteiger charge is 2.16. The van der Waals surface area contributed by atoms with Crippen LogP contribution in [0.3, 0.4) is 0 Å². The number of nitrogens with two attached hydrogens (primary N) is 1. The number of benzene rings is 1. The van der Waals surface area contributed by atoms with Crippen LogP contribution in [0.4, 0.5) is 0 Å². The highest BCUT2D eigenvalue weighted by molar-refractivity contribution is 7.99. The van der Waals surface area contributed by atoms with Crippen molar-refractivity contribution < 1.29 is 17.6 Å². The van der Waals surface area contributed by atoms with Gasteiger partial charge in [-0.15, -0.1) is 0 Å². The Hall–Kier alpha value is -2.30. The summed E-state index contributed by atoms with van der Waals surface area (Å²) in [6.07, 6.45) is 1.56. The molecule has 3 N–H and O–H groups in total. The molecule has 1 aromatic carbocycles. The van der Waals surface area contributed by atoms with Crippen molar-refractivity contribution in [2.24, 2.45) is 12.2 Å². The molecule has 1 atom stereocenters. The Labute approximate surface area is 154 Å². The second-order valence-corrected chi connectivity index (χ2v) is 8.25. The summed E-state index contributed by atoms with van der Waals surface area (Å²) in [5.41, 5.74) is 1.26. The summed E-state index contributed by atoms with van der Waals surface area (Å²) in [6.45, 7) is 1.84. The summed E-state index contributed by atoms with van der Waals surface area (Å²) in [5, 5.41) is 8.60. The molecular formula is C16H18N4O4S2. The van der Waals surface area contributed by atoms with Crippen molar-refractivity contribution in [2.75, 3.05) is 5.75 Å². The monoisotopic (exact) mass is 394 g/mol. The van der Waals surface area contributed by atoms with Gasteiger partial charge in [0.1, 0.15) is 5.76 Å². The van der Waals surface area contributed by atoms with Crippen LogP contribution in [0.1, 0.15) is 18.7 Å². The molecule has 10 heteroatoms. The van der Waals surface area contributed by atoms with E-state index in [1.54, 1.807) is 36.1 Å². The SMILES string of the molecule is C[C@H](NC(=O)CSc1nc2cc(S(N)(=O)=O)ccc2n1C)c1ccco1. The standard InChI is InChI=1S/C16H18N4O4S2/c1-10(14-4-3-7-24-14)18-15(21)9-25-16-19-12-8-11(26(17,22)23)5-6-13(12)20(16)2/h3-8,10H,9H2,1-2H3,(H,18,21)(H2,17,22,23)/t10-/m0/s1. The summed E-state index contributed by atoms with van der Waals surface area (Å²) >= 11 is 1.26. The van der Waals surface area contributed by atoms with Gasteiger partial charge in [-0.05, 0) is 37.3 Å². The first-order valence-corrected chi connectivity index (χ1v) is 10.2. The highest BCUT2D eigenvalue weighted by atomic mass is 32.2. The van der Waals surface area contributed by atoms with Gasteiger partial charge in [-0.1, -0.05) is 11.8 Å². The maximum absolute atomic E-state index is 12.1. The maximum Gasteiger partial charge on any atom is 0.238 e. The topological polar surface area (TPSA) is 120 Å². The zero-order valence-electron chi connectivity index (χ0n) is 14.2. The van der Waals surface area contributed by atoms with E-state index in [4.69, 9.17) is 9.56 Å². The molecule has 0 aliphatic heterocycles. The molecule has 0 unspecified atom stereocenters. The summed E-state index contributed by atoms with van der Waals surface area (Å²) in [5.74, 6) is 0.697. The Morgan fingerprint density at radius 3 is 2.85 bits per heavy atom. The van der Waals surface area contributed by atoms with Crippen LogP contribution < -0.4 is 10.5 Å². The first kappa shape index (κ1) is 18.5. The van der Waals surface area contributed by atoms with Crippen LogP contribution in [-0.2, 0) is 21.9 Å². The predicted molar refractivity (Wildman–Crippen MR) is 98.1 cm³/mol. The molecule has 3 aromatic rings. The lowest BCUT2D eigenvalue weighted by Crippen LogP contribution is -2.28. The lowest BCUT2D eigenvalue weighted by Gasteiger charge is -2.11. The second kappa shape index (κ2) is 7.14. The Balaban J connectivity index is 1.70. The van der Waals surface area contributed by atoms with Gasteiger partial charge in [0.25, 0.3) is 0 Å². The lowest BCUT2D eigenvalue weighted by atomic mass is 10.2. The number of furan rings is 1. The van der Waals surface area contributed by atoms with E-state index in [9.17, 15) is 13.2 Å². The van der Waals surface area contributed by atoms with Crippen LogP contribution in [0.2, 0.25) is 0 Å². The van der Waals surface area contributed by atoms with Gasteiger partial charge in [-0.25, -0.2) is 18.5 Å². The molecule has 0 spiro atoms. The van der Waals surface area contributed by atoms with E-state index in [0.717, 1.165) is 5.52 Å². The molecular weight excluding hydrogens is 376 g/mol. The summed E-state index contributed by atoms with van der Waals surface area (Å²) < 4.78 is 30.0. The van der Waals surface area contributed by atoms with Crippen molar-refractivity contribution in [3.8, 4) is 0 Å². The van der Waals surface area contributed by atoms with Gasteiger partial charge in [0.15, 0.2) is 5.16 Å². The number of hydrogen-bond donors (Lipinski definition) is 2. The second-order valence-electron chi connectivity index (χ2n) is 5.74. The van der Waals surface area contributed by atoms with Crippen LogP contribution >= 0.6 is 11.8 Å². The van der Waals surface area contributed by atoms with Crippen LogP contribution in [-0.4, -0.2) is 29.6 Å². The van der Waals surface area contributed by atoms with Crippen LogP contribution in [0.15, 0.2) is 51.1 Å². The molecule has 2 aromatic heterocycles. The lowest BCUT2D eigenvalue weighted by molar-refractivity contribution is -0.119. The summed E-state index contributed by atoms with van der Waals surface area (Å²) in [4.78, 5) is 16.5. The third kappa shape index (κ3) is 3.92. The van der Waals surface area contributed by atoms with Crippen molar-refractivity contribution >= 4 is 38.7 Å². The fourth-order valence-corrected chi connectivity index (χ4v) is 3.82. The zero-order chi connectivity index (χ0) is 18.9. The summed E-state index contributed by atoms with van der Waals surface area (Å²) in [6, 6.07) is 7.84. The molecule has 0 saturated carbocycles. The normalized spacial score (nSPS) is 13.0. The van der Waals surface area contributed by atoms with Crippen molar-refractivity contribution in [1.82, 2.24) is 14.9 Å². The summed E-state index contributed by atoms with van der Waals surface area (Å²) in [7, 11) is -1.98. The Kier molecular flexibility index (Phi) is 5.08. The van der Waals surface area contributed by atoms with Gasteiger partial charge in [-0.3, -0.25) is 4.79 Å². The first-order valence-electron chi connectivity index (χ1n) is 7.70. The molecule has 0 aliphatic carbocycles. The number of rotatable bonds is 6. The molecule has 0 radical (unpaired) electrons. The van der Waals surface area contributed by atoms with Crippen molar-refractivity contribution in [1.29, 1.82) is 0 Å². The number of fused-ring (bicyclic) bond motifs is 1. The maximum atomic E-state index is 12.1. The molecule has 1 amide bonds. The first-order chi connectivity index (χ1) is 12.3. The number of carbonyl (C=O) groups excluding carboxylic acids is 1. The van der Waals surface area contributed by atoms with Crippen LogP contribution in [0.25, 0.3) is 11.0 Å². The third-order valence-corrected chi connectivity index (χ3v) is 5.76. The van der Waals surface area contributed by atoms with Gasteiger partial charge in [0.05, 0.1) is 34.0 Å². The van der Waals surface area contributed by atoms with Crippen LogP contribution in [0.5, 0.6) is 0 Å². The number of imidazole rings is 1. The van der Waals surface area contributed by atoms with E-state index < -0.39 is 10.0 Å². The minimum atomic E-state index is -3.79. The molecule has 26 heavy (non-hydrogen) atoms. The predicted octanol–water partition coefficient (Wildman–Crippen LogP) is 1.78. The fourth-order valence-electron chi connectivity index (χ4n) is 2.49.